The Morgan fingerprint density at radius 1 is 1.23 bits per heavy atom. The van der Waals surface area contributed by atoms with Gasteiger partial charge in [0, 0.05) is 43.7 Å². The summed E-state index contributed by atoms with van der Waals surface area (Å²) < 4.78 is 34.3. The molecule has 10 heteroatoms. The molecule has 8 nitrogen and oxygen atoms in total. The van der Waals surface area contributed by atoms with Crippen LogP contribution in [0.1, 0.15) is 37.1 Å². The van der Waals surface area contributed by atoms with Gasteiger partial charge in [-0.2, -0.15) is 15.1 Å². The van der Waals surface area contributed by atoms with Crippen LogP contribution in [0.4, 0.5) is 20.4 Å². The van der Waals surface area contributed by atoms with Crippen molar-refractivity contribution >= 4 is 11.6 Å². The van der Waals surface area contributed by atoms with Crippen molar-refractivity contribution in [1.82, 2.24) is 19.7 Å². The first-order valence-corrected chi connectivity index (χ1v) is 10.4. The third kappa shape index (κ3) is 4.70. The Morgan fingerprint density at radius 2 is 2.00 bits per heavy atom. The quantitative estimate of drug-likeness (QED) is 0.765. The molecular formula is C20H28F2N6O2. The molecule has 2 aromatic heterocycles. The van der Waals surface area contributed by atoms with Crippen LogP contribution in [-0.2, 0) is 4.74 Å². The molecule has 2 aliphatic rings. The molecule has 2 aromatic rings. The van der Waals surface area contributed by atoms with E-state index in [0.717, 1.165) is 11.4 Å². The number of ether oxygens (including phenoxy) is 1. The highest BCUT2D eigenvalue weighted by Gasteiger charge is 2.35. The van der Waals surface area contributed by atoms with E-state index in [4.69, 9.17) is 9.72 Å². The molecule has 0 spiro atoms. The number of aryl methyl sites for hydroxylation is 2. The maximum Gasteiger partial charge on any atom is 0.254 e. The number of hydrogen-bond acceptors (Lipinski definition) is 7. The van der Waals surface area contributed by atoms with E-state index in [1.165, 1.54) is 0 Å². The van der Waals surface area contributed by atoms with Crippen molar-refractivity contribution in [3.63, 3.8) is 0 Å². The van der Waals surface area contributed by atoms with Crippen LogP contribution in [0, 0.1) is 13.8 Å². The third-order valence-corrected chi connectivity index (χ3v) is 5.64. The Kier molecular flexibility index (Phi) is 5.88. The van der Waals surface area contributed by atoms with Crippen LogP contribution in [0.15, 0.2) is 12.1 Å². The van der Waals surface area contributed by atoms with Gasteiger partial charge in [-0.1, -0.05) is 0 Å². The SMILES string of the molecule is Cc1cc(C)n(-c2nc(NC3CCC(F)(F)CC3)cc(N3CCOC(CO)C3)n2)n1. The summed E-state index contributed by atoms with van der Waals surface area (Å²) in [6.07, 6.45) is 0.281. The Labute approximate surface area is 174 Å². The number of halogens is 2. The fourth-order valence-electron chi connectivity index (χ4n) is 4.02. The standard InChI is InChI=1S/C20H28F2N6O2/c1-13-9-14(2)28(26-13)19-24-17(23-15-3-5-20(21,22)6-4-15)10-18(25-19)27-7-8-30-16(11-27)12-29/h9-10,15-16,29H,3-8,11-12H2,1-2H3,(H,23,24,25). The van der Waals surface area contributed by atoms with Crippen LogP contribution in [-0.4, -0.2) is 69.2 Å². The first kappa shape index (κ1) is 20.9. The van der Waals surface area contributed by atoms with E-state index in [9.17, 15) is 13.9 Å². The van der Waals surface area contributed by atoms with Crippen molar-refractivity contribution in [2.24, 2.45) is 0 Å². The van der Waals surface area contributed by atoms with Crippen LogP contribution in [0.2, 0.25) is 0 Å². The number of anilines is 2. The second-order valence-corrected chi connectivity index (χ2v) is 8.15. The van der Waals surface area contributed by atoms with Gasteiger partial charge in [-0.05, 0) is 32.8 Å². The molecule has 0 radical (unpaired) electrons. The van der Waals surface area contributed by atoms with E-state index < -0.39 is 5.92 Å². The number of nitrogens with one attached hydrogen (secondary N) is 1. The minimum atomic E-state index is -2.57. The molecule has 2 N–H and O–H groups in total. The van der Waals surface area contributed by atoms with Crippen LogP contribution in [0.5, 0.6) is 0 Å². The summed E-state index contributed by atoms with van der Waals surface area (Å²) in [5.41, 5.74) is 1.76. The van der Waals surface area contributed by atoms with E-state index in [-0.39, 0.29) is 31.6 Å². The zero-order valence-corrected chi connectivity index (χ0v) is 17.3. The molecule has 1 saturated carbocycles. The molecule has 1 unspecified atom stereocenters. The molecule has 164 valence electrons. The van der Waals surface area contributed by atoms with Gasteiger partial charge in [0.15, 0.2) is 0 Å². The largest absolute Gasteiger partial charge is 0.394 e. The number of rotatable bonds is 5. The molecule has 1 atom stereocenters. The van der Waals surface area contributed by atoms with Crippen LogP contribution in [0.3, 0.4) is 0 Å². The van der Waals surface area contributed by atoms with Gasteiger partial charge in [-0.3, -0.25) is 0 Å². The van der Waals surface area contributed by atoms with Gasteiger partial charge in [-0.25, -0.2) is 13.5 Å². The third-order valence-electron chi connectivity index (χ3n) is 5.64. The summed E-state index contributed by atoms with van der Waals surface area (Å²) in [6.45, 7) is 5.42. The molecule has 1 aliphatic heterocycles. The minimum absolute atomic E-state index is 0.0597. The van der Waals surface area contributed by atoms with Gasteiger partial charge in [0.2, 0.25) is 5.92 Å². The Hall–Kier alpha value is -2.33. The summed E-state index contributed by atoms with van der Waals surface area (Å²) in [5.74, 6) is -0.867. The number of hydrogen-bond donors (Lipinski definition) is 2. The number of alkyl halides is 2. The number of morpholine rings is 1. The first-order chi connectivity index (χ1) is 14.3. The highest BCUT2D eigenvalue weighted by Crippen LogP contribution is 2.34. The van der Waals surface area contributed by atoms with Gasteiger partial charge in [0.1, 0.15) is 11.6 Å². The Bertz CT molecular complexity index is 880. The highest BCUT2D eigenvalue weighted by molar-refractivity contribution is 5.52. The topological polar surface area (TPSA) is 88.3 Å². The van der Waals surface area contributed by atoms with Crippen molar-refractivity contribution in [1.29, 1.82) is 0 Å². The molecule has 0 amide bonds. The predicted molar refractivity (Wildman–Crippen MR) is 108 cm³/mol. The van der Waals surface area contributed by atoms with Crippen LogP contribution < -0.4 is 10.2 Å². The Morgan fingerprint density at radius 3 is 2.67 bits per heavy atom. The lowest BCUT2D eigenvalue weighted by atomic mass is 9.92. The van der Waals surface area contributed by atoms with Crippen molar-refractivity contribution in [3.8, 4) is 5.95 Å². The Balaban J connectivity index is 1.63. The molecule has 1 saturated heterocycles. The fourth-order valence-corrected chi connectivity index (χ4v) is 4.02. The molecule has 30 heavy (non-hydrogen) atoms. The van der Waals surface area contributed by atoms with Crippen LogP contribution in [0.25, 0.3) is 5.95 Å². The molecule has 3 heterocycles. The number of aromatic nitrogens is 4. The maximum atomic E-state index is 13.5. The maximum absolute atomic E-state index is 13.5. The zero-order chi connectivity index (χ0) is 21.3. The van der Waals surface area contributed by atoms with E-state index >= 15 is 0 Å². The van der Waals surface area contributed by atoms with Gasteiger partial charge in [0.05, 0.1) is 25.0 Å². The average molecular weight is 422 g/mol. The molecule has 4 rings (SSSR count). The number of aliphatic hydroxyl groups is 1. The lowest BCUT2D eigenvalue weighted by molar-refractivity contribution is -0.0361. The van der Waals surface area contributed by atoms with E-state index in [1.807, 2.05) is 30.9 Å². The van der Waals surface area contributed by atoms with Gasteiger partial charge < -0.3 is 20.1 Å². The average Bonchev–Trinajstić information content (AvgIpc) is 3.07. The van der Waals surface area contributed by atoms with Crippen molar-refractivity contribution < 1.29 is 18.6 Å². The summed E-state index contributed by atoms with van der Waals surface area (Å²) in [4.78, 5) is 11.4. The van der Waals surface area contributed by atoms with E-state index in [2.05, 4.69) is 15.4 Å². The van der Waals surface area contributed by atoms with Gasteiger partial charge >= 0.3 is 0 Å². The first-order valence-electron chi connectivity index (χ1n) is 10.4. The fraction of sp³-hybridized carbons (Fsp3) is 0.650. The minimum Gasteiger partial charge on any atom is -0.394 e. The van der Waals surface area contributed by atoms with Gasteiger partial charge in [-0.15, -0.1) is 0 Å². The zero-order valence-electron chi connectivity index (χ0n) is 17.3. The van der Waals surface area contributed by atoms with Gasteiger partial charge in [0.25, 0.3) is 5.95 Å². The van der Waals surface area contributed by atoms with E-state index in [1.54, 1.807) is 4.68 Å². The summed E-state index contributed by atoms with van der Waals surface area (Å²) in [6, 6.07) is 3.72. The second-order valence-electron chi connectivity index (χ2n) is 8.15. The van der Waals surface area contributed by atoms with Crippen molar-refractivity contribution in [2.45, 2.75) is 57.6 Å². The lowest BCUT2D eigenvalue weighted by Crippen LogP contribution is -2.44. The molecule has 2 fully saturated rings. The van der Waals surface area contributed by atoms with E-state index in [0.29, 0.717) is 50.1 Å². The molecule has 0 aromatic carbocycles. The highest BCUT2D eigenvalue weighted by atomic mass is 19.3. The van der Waals surface area contributed by atoms with Crippen molar-refractivity contribution in [2.75, 3.05) is 36.5 Å². The van der Waals surface area contributed by atoms with Crippen LogP contribution >= 0.6 is 0 Å². The molecular weight excluding hydrogens is 394 g/mol. The summed E-state index contributed by atoms with van der Waals surface area (Å²) >= 11 is 0. The lowest BCUT2D eigenvalue weighted by Gasteiger charge is -2.33. The molecule has 0 bridgehead atoms. The predicted octanol–water partition coefficient (Wildman–Crippen LogP) is 2.47. The summed E-state index contributed by atoms with van der Waals surface area (Å²) in [5, 5.41) is 17.3. The number of aliphatic hydroxyl groups excluding tert-OH is 1. The monoisotopic (exact) mass is 422 g/mol. The smallest absolute Gasteiger partial charge is 0.254 e. The summed E-state index contributed by atoms with van der Waals surface area (Å²) in [7, 11) is 0. The molecule has 1 aliphatic carbocycles. The normalized spacial score (nSPS) is 22.3. The second kappa shape index (κ2) is 8.43. The number of nitrogens with zero attached hydrogens (tertiary/aromatic N) is 5. The van der Waals surface area contributed by atoms with Crippen molar-refractivity contribution in [3.05, 3.63) is 23.5 Å².